The lowest BCUT2D eigenvalue weighted by Crippen LogP contribution is -2.29. The van der Waals surface area contributed by atoms with Gasteiger partial charge in [0.2, 0.25) is 11.8 Å². The summed E-state index contributed by atoms with van der Waals surface area (Å²) >= 11 is 3.17. The Labute approximate surface area is 183 Å². The zero-order chi connectivity index (χ0) is 21.7. The molecule has 0 aliphatic carbocycles. The van der Waals surface area contributed by atoms with E-state index in [-0.39, 0.29) is 29.8 Å². The summed E-state index contributed by atoms with van der Waals surface area (Å²) in [5.74, 6) is -1.58. The predicted octanol–water partition coefficient (Wildman–Crippen LogP) is 4.43. The van der Waals surface area contributed by atoms with Gasteiger partial charge in [0, 0.05) is 35.2 Å². The van der Waals surface area contributed by atoms with Crippen LogP contribution in [0.3, 0.4) is 0 Å². The third-order valence-corrected chi connectivity index (χ3v) is 5.45. The van der Waals surface area contributed by atoms with Crippen molar-refractivity contribution in [1.29, 1.82) is 0 Å². The number of carbonyl (C=O) groups is 3. The molecule has 2 N–H and O–H groups in total. The Morgan fingerprint density at radius 2 is 1.90 bits per heavy atom. The van der Waals surface area contributed by atoms with E-state index in [1.54, 1.807) is 35.2 Å². The normalized spacial score (nSPS) is 15.9. The van der Waals surface area contributed by atoms with Gasteiger partial charge in [-0.1, -0.05) is 29.3 Å². The van der Waals surface area contributed by atoms with Gasteiger partial charge in [0.05, 0.1) is 11.6 Å². The highest BCUT2D eigenvalue weighted by Crippen LogP contribution is 2.22. The molecule has 8 heteroatoms. The molecule has 158 valence electrons. The van der Waals surface area contributed by atoms with Gasteiger partial charge in [0.1, 0.15) is 5.82 Å². The van der Waals surface area contributed by atoms with Crippen molar-refractivity contribution < 1.29 is 18.8 Å². The number of hydrogen-bond acceptors (Lipinski definition) is 3. The first kappa shape index (κ1) is 22.0. The van der Waals surface area contributed by atoms with E-state index < -0.39 is 11.7 Å². The zero-order valence-corrected chi connectivity index (χ0v) is 18.2. The van der Waals surface area contributed by atoms with Crippen molar-refractivity contribution in [3.05, 3.63) is 58.3 Å². The van der Waals surface area contributed by atoms with Crippen molar-refractivity contribution in [2.24, 2.45) is 5.92 Å². The molecule has 0 spiro atoms. The van der Waals surface area contributed by atoms with Crippen LogP contribution in [0.1, 0.15) is 36.5 Å². The van der Waals surface area contributed by atoms with Gasteiger partial charge in [0.15, 0.2) is 0 Å². The van der Waals surface area contributed by atoms with E-state index in [2.05, 4.69) is 33.5 Å². The van der Waals surface area contributed by atoms with Crippen LogP contribution in [0, 0.1) is 11.7 Å². The number of halogens is 2. The monoisotopic (exact) mass is 475 g/mol. The number of nitrogens with one attached hydrogen (secondary N) is 2. The SMILES string of the molecule is CCCCN1C[C@H](C(=O)Nc2ccc(C(=O)Nc3ccc(Br)cc3F)cc2)CC1=O. The van der Waals surface area contributed by atoms with Gasteiger partial charge in [0.25, 0.3) is 5.91 Å². The van der Waals surface area contributed by atoms with Crippen LogP contribution in [-0.2, 0) is 9.59 Å². The molecule has 0 saturated carbocycles. The molecule has 6 nitrogen and oxygen atoms in total. The molecule has 1 aliphatic rings. The molecule has 0 bridgehead atoms. The molecular formula is C22H23BrFN3O3. The largest absolute Gasteiger partial charge is 0.342 e. The van der Waals surface area contributed by atoms with E-state index in [4.69, 9.17) is 0 Å². The van der Waals surface area contributed by atoms with Crippen molar-refractivity contribution in [3.63, 3.8) is 0 Å². The number of unbranched alkanes of at least 4 members (excludes halogenated alkanes) is 1. The second kappa shape index (κ2) is 9.84. The highest BCUT2D eigenvalue weighted by Gasteiger charge is 2.33. The topological polar surface area (TPSA) is 78.5 Å². The van der Waals surface area contributed by atoms with E-state index in [9.17, 15) is 18.8 Å². The number of anilines is 2. The minimum Gasteiger partial charge on any atom is -0.342 e. The van der Waals surface area contributed by atoms with E-state index in [1.165, 1.54) is 12.1 Å². The van der Waals surface area contributed by atoms with E-state index >= 15 is 0 Å². The first-order valence-electron chi connectivity index (χ1n) is 9.82. The second-order valence-corrected chi connectivity index (χ2v) is 8.15. The molecule has 0 radical (unpaired) electrons. The number of rotatable bonds is 7. The summed E-state index contributed by atoms with van der Waals surface area (Å²) in [4.78, 5) is 38.6. The molecule has 0 aromatic heterocycles. The number of nitrogens with zero attached hydrogens (tertiary/aromatic N) is 1. The first-order valence-corrected chi connectivity index (χ1v) is 10.6. The Hall–Kier alpha value is -2.74. The molecule has 2 aromatic carbocycles. The summed E-state index contributed by atoms with van der Waals surface area (Å²) in [7, 11) is 0. The highest BCUT2D eigenvalue weighted by molar-refractivity contribution is 9.10. The van der Waals surface area contributed by atoms with Gasteiger partial charge >= 0.3 is 0 Å². The fourth-order valence-electron chi connectivity index (χ4n) is 3.25. The molecule has 1 fully saturated rings. The standard InChI is InChI=1S/C22H23BrFN3O3/c1-2-3-10-27-13-15(11-20(27)28)22(30)25-17-7-4-14(5-8-17)21(29)26-19-9-6-16(23)12-18(19)24/h4-9,12,15H,2-3,10-11,13H2,1H3,(H,25,30)(H,26,29)/t15-/m1/s1. The predicted molar refractivity (Wildman–Crippen MR) is 117 cm³/mol. The average Bonchev–Trinajstić information content (AvgIpc) is 3.09. The number of hydrogen-bond donors (Lipinski definition) is 2. The van der Waals surface area contributed by atoms with E-state index in [0.29, 0.717) is 28.8 Å². The minimum atomic E-state index is -0.541. The summed E-state index contributed by atoms with van der Waals surface area (Å²) in [6, 6.07) is 10.7. The molecule has 3 rings (SSSR count). The molecule has 0 unspecified atom stereocenters. The number of benzene rings is 2. The molecular weight excluding hydrogens is 453 g/mol. The molecule has 1 aliphatic heterocycles. The van der Waals surface area contributed by atoms with Crippen LogP contribution < -0.4 is 10.6 Å². The maximum atomic E-state index is 13.9. The smallest absolute Gasteiger partial charge is 0.255 e. The zero-order valence-electron chi connectivity index (χ0n) is 16.6. The summed E-state index contributed by atoms with van der Waals surface area (Å²) in [6.07, 6.45) is 2.14. The Morgan fingerprint density at radius 1 is 1.17 bits per heavy atom. The van der Waals surface area contributed by atoms with Crippen LogP contribution in [0.5, 0.6) is 0 Å². The van der Waals surface area contributed by atoms with Crippen molar-refractivity contribution >= 4 is 45.0 Å². The fourth-order valence-corrected chi connectivity index (χ4v) is 3.58. The van der Waals surface area contributed by atoms with Crippen LogP contribution in [0.4, 0.5) is 15.8 Å². The lowest BCUT2D eigenvalue weighted by Gasteiger charge is -2.16. The van der Waals surface area contributed by atoms with Crippen molar-refractivity contribution in [2.45, 2.75) is 26.2 Å². The maximum Gasteiger partial charge on any atom is 0.255 e. The minimum absolute atomic E-state index is 0.00999. The summed E-state index contributed by atoms with van der Waals surface area (Å²) in [5.41, 5.74) is 0.946. The summed E-state index contributed by atoms with van der Waals surface area (Å²) < 4.78 is 14.5. The summed E-state index contributed by atoms with van der Waals surface area (Å²) in [6.45, 7) is 3.18. The van der Waals surface area contributed by atoms with Gasteiger partial charge in [-0.05, 0) is 48.9 Å². The Kier molecular flexibility index (Phi) is 7.20. The van der Waals surface area contributed by atoms with Crippen LogP contribution in [0.15, 0.2) is 46.9 Å². The van der Waals surface area contributed by atoms with Gasteiger partial charge in [-0.2, -0.15) is 0 Å². The average molecular weight is 476 g/mol. The Bertz CT molecular complexity index is 949. The highest BCUT2D eigenvalue weighted by atomic mass is 79.9. The number of likely N-dealkylation sites (tertiary alicyclic amines) is 1. The molecule has 30 heavy (non-hydrogen) atoms. The first-order chi connectivity index (χ1) is 14.4. The van der Waals surface area contributed by atoms with Gasteiger partial charge in [-0.3, -0.25) is 14.4 Å². The third kappa shape index (κ3) is 5.44. The van der Waals surface area contributed by atoms with Crippen molar-refractivity contribution in [2.75, 3.05) is 23.7 Å². The fraction of sp³-hybridized carbons (Fsp3) is 0.318. The Morgan fingerprint density at radius 3 is 2.57 bits per heavy atom. The maximum absolute atomic E-state index is 13.9. The van der Waals surface area contributed by atoms with Crippen LogP contribution >= 0.6 is 15.9 Å². The van der Waals surface area contributed by atoms with Gasteiger partial charge in [-0.15, -0.1) is 0 Å². The molecule has 3 amide bonds. The molecule has 1 saturated heterocycles. The number of carbonyl (C=O) groups excluding carboxylic acids is 3. The molecule has 2 aromatic rings. The molecule has 1 heterocycles. The van der Waals surface area contributed by atoms with Crippen LogP contribution in [-0.4, -0.2) is 35.7 Å². The lowest BCUT2D eigenvalue weighted by atomic mass is 10.1. The quantitative estimate of drug-likeness (QED) is 0.621. The van der Waals surface area contributed by atoms with Crippen LogP contribution in [0.2, 0.25) is 0 Å². The van der Waals surface area contributed by atoms with Gasteiger partial charge < -0.3 is 15.5 Å². The van der Waals surface area contributed by atoms with E-state index in [0.717, 1.165) is 12.8 Å². The molecule has 1 atom stereocenters. The van der Waals surface area contributed by atoms with E-state index in [1.807, 2.05) is 0 Å². The van der Waals surface area contributed by atoms with Gasteiger partial charge in [-0.25, -0.2) is 4.39 Å². The number of amides is 3. The lowest BCUT2D eigenvalue weighted by molar-refractivity contribution is -0.128. The van der Waals surface area contributed by atoms with Crippen LogP contribution in [0.25, 0.3) is 0 Å². The van der Waals surface area contributed by atoms with Crippen molar-refractivity contribution in [3.8, 4) is 0 Å². The third-order valence-electron chi connectivity index (χ3n) is 4.96. The Balaban J connectivity index is 1.57. The summed E-state index contributed by atoms with van der Waals surface area (Å²) in [5, 5.41) is 5.32. The van der Waals surface area contributed by atoms with Crippen molar-refractivity contribution in [1.82, 2.24) is 4.90 Å². The second-order valence-electron chi connectivity index (χ2n) is 7.24.